The third-order valence-corrected chi connectivity index (χ3v) is 5.38. The maximum absolute atomic E-state index is 14.6. The van der Waals surface area contributed by atoms with E-state index in [1.807, 2.05) is 0 Å². The fraction of sp³-hybridized carbons (Fsp3) is 0.611. The first-order valence-corrected chi connectivity index (χ1v) is 9.54. The zero-order valence-corrected chi connectivity index (χ0v) is 17.4. The number of ether oxygens (including phenoxy) is 1. The minimum Gasteiger partial charge on any atom is -0.460 e. The van der Waals surface area contributed by atoms with Gasteiger partial charge in [-0.2, -0.15) is 0 Å². The molecule has 0 aliphatic heterocycles. The van der Waals surface area contributed by atoms with Crippen molar-refractivity contribution in [2.45, 2.75) is 70.8 Å². The molecule has 25 heavy (non-hydrogen) atoms. The molecule has 1 rings (SSSR count). The Labute approximate surface area is 157 Å². The molecule has 0 radical (unpaired) electrons. The van der Waals surface area contributed by atoms with Crippen LogP contribution in [0.2, 0.25) is 5.02 Å². The van der Waals surface area contributed by atoms with E-state index < -0.39 is 38.7 Å². The fourth-order valence-electron chi connectivity index (χ4n) is 2.14. The second-order valence-electron chi connectivity index (χ2n) is 8.18. The first-order chi connectivity index (χ1) is 11.2. The smallest absolute Gasteiger partial charge is 0.308 e. The van der Waals surface area contributed by atoms with Gasteiger partial charge in [-0.3, -0.25) is 4.79 Å². The van der Waals surface area contributed by atoms with Crippen molar-refractivity contribution in [2.24, 2.45) is 0 Å². The standard InChI is InChI=1S/C18H27ClFNO3S/c1-16(2,3)24-14(22)11-18(7,21-25(23)17(4,5)6)12-9-8-10-13(19)15(12)20/h8-10,21H,11H2,1-7H3/t18-,25+/m0/s1. The summed E-state index contributed by atoms with van der Waals surface area (Å²) in [5.41, 5.74) is -1.74. The molecule has 4 nitrogen and oxygen atoms in total. The average molecular weight is 392 g/mol. The predicted molar refractivity (Wildman–Crippen MR) is 100 cm³/mol. The highest BCUT2D eigenvalue weighted by atomic mass is 35.5. The Morgan fingerprint density at radius 1 is 1.20 bits per heavy atom. The van der Waals surface area contributed by atoms with Gasteiger partial charge in [-0.25, -0.2) is 13.3 Å². The van der Waals surface area contributed by atoms with E-state index in [9.17, 15) is 13.4 Å². The van der Waals surface area contributed by atoms with E-state index >= 15 is 0 Å². The fourth-order valence-corrected chi connectivity index (χ4v) is 3.21. The van der Waals surface area contributed by atoms with E-state index in [-0.39, 0.29) is 17.0 Å². The van der Waals surface area contributed by atoms with Crippen molar-refractivity contribution >= 4 is 28.6 Å². The van der Waals surface area contributed by atoms with Gasteiger partial charge < -0.3 is 4.74 Å². The monoisotopic (exact) mass is 391 g/mol. The van der Waals surface area contributed by atoms with Crippen LogP contribution in [0.3, 0.4) is 0 Å². The van der Waals surface area contributed by atoms with Crippen LogP contribution in [-0.2, 0) is 26.1 Å². The quantitative estimate of drug-likeness (QED) is 0.753. The van der Waals surface area contributed by atoms with Gasteiger partial charge in [-0.15, -0.1) is 0 Å². The summed E-state index contributed by atoms with van der Waals surface area (Å²) >= 11 is 5.89. The molecule has 0 bridgehead atoms. The van der Waals surface area contributed by atoms with Crippen molar-refractivity contribution in [1.82, 2.24) is 4.72 Å². The molecular weight excluding hydrogens is 365 g/mol. The van der Waals surface area contributed by atoms with Crippen LogP contribution in [0, 0.1) is 5.82 Å². The minimum absolute atomic E-state index is 0.0590. The zero-order valence-electron chi connectivity index (χ0n) is 15.8. The van der Waals surface area contributed by atoms with E-state index in [4.69, 9.17) is 16.3 Å². The molecule has 0 aliphatic carbocycles. The lowest BCUT2D eigenvalue weighted by molar-refractivity contribution is -0.156. The molecule has 142 valence electrons. The number of esters is 1. The summed E-state index contributed by atoms with van der Waals surface area (Å²) in [5, 5.41) is -0.0590. The van der Waals surface area contributed by atoms with Gasteiger partial charge in [0.25, 0.3) is 0 Å². The summed E-state index contributed by atoms with van der Waals surface area (Å²) in [5.74, 6) is -1.17. The van der Waals surface area contributed by atoms with Crippen molar-refractivity contribution in [1.29, 1.82) is 0 Å². The van der Waals surface area contributed by atoms with Crippen LogP contribution in [0.1, 0.15) is 60.5 Å². The van der Waals surface area contributed by atoms with E-state index in [1.54, 1.807) is 54.5 Å². The predicted octanol–water partition coefficient (Wildman–Crippen LogP) is 4.48. The van der Waals surface area contributed by atoms with Crippen molar-refractivity contribution < 1.29 is 18.1 Å². The van der Waals surface area contributed by atoms with Crippen LogP contribution in [-0.4, -0.2) is 20.5 Å². The molecule has 0 saturated heterocycles. The van der Waals surface area contributed by atoms with Crippen molar-refractivity contribution in [3.63, 3.8) is 0 Å². The number of benzene rings is 1. The maximum Gasteiger partial charge on any atom is 0.308 e. The molecule has 2 atom stereocenters. The van der Waals surface area contributed by atoms with Crippen molar-refractivity contribution in [3.05, 3.63) is 34.6 Å². The lowest BCUT2D eigenvalue weighted by Gasteiger charge is -2.34. The zero-order chi connectivity index (χ0) is 19.6. The molecule has 0 spiro atoms. The molecule has 1 aromatic rings. The minimum atomic E-state index is -1.53. The lowest BCUT2D eigenvalue weighted by Crippen LogP contribution is -2.48. The largest absolute Gasteiger partial charge is 0.460 e. The van der Waals surface area contributed by atoms with Crippen LogP contribution in [0.25, 0.3) is 0 Å². The summed E-state index contributed by atoms with van der Waals surface area (Å²) in [7, 11) is -1.53. The highest BCUT2D eigenvalue weighted by molar-refractivity contribution is 7.84. The molecule has 0 fully saturated rings. The number of carbonyl (C=O) groups is 1. The molecule has 7 heteroatoms. The Bertz CT molecular complexity index is 667. The van der Waals surface area contributed by atoms with E-state index in [0.29, 0.717) is 0 Å². The summed E-state index contributed by atoms with van der Waals surface area (Å²) in [6, 6.07) is 4.54. The average Bonchev–Trinajstić information content (AvgIpc) is 2.37. The molecule has 0 aliphatic rings. The van der Waals surface area contributed by atoms with Crippen molar-refractivity contribution in [3.8, 4) is 0 Å². The van der Waals surface area contributed by atoms with Gasteiger partial charge in [0.05, 0.1) is 32.7 Å². The molecule has 0 amide bonds. The van der Waals surface area contributed by atoms with E-state index in [1.165, 1.54) is 12.1 Å². The molecule has 0 unspecified atom stereocenters. The van der Waals surface area contributed by atoms with Gasteiger partial charge in [-0.1, -0.05) is 23.7 Å². The van der Waals surface area contributed by atoms with Gasteiger partial charge in [0.2, 0.25) is 0 Å². The molecule has 0 aromatic heterocycles. The maximum atomic E-state index is 14.6. The van der Waals surface area contributed by atoms with Gasteiger partial charge in [-0.05, 0) is 54.5 Å². The summed E-state index contributed by atoms with van der Waals surface area (Å²) in [6.45, 7) is 12.2. The second kappa shape index (κ2) is 7.72. The third kappa shape index (κ3) is 6.35. The number of halogens is 2. The summed E-state index contributed by atoms with van der Waals surface area (Å²) < 4.78 is 34.9. The van der Waals surface area contributed by atoms with Crippen LogP contribution in [0.5, 0.6) is 0 Å². The molecule has 1 aromatic carbocycles. The number of carbonyl (C=O) groups excluding carboxylic acids is 1. The number of rotatable bonds is 5. The van der Waals surface area contributed by atoms with Crippen LogP contribution in [0.15, 0.2) is 18.2 Å². The van der Waals surface area contributed by atoms with E-state index in [0.717, 1.165) is 0 Å². The van der Waals surface area contributed by atoms with Gasteiger partial charge in [0.1, 0.15) is 11.4 Å². The van der Waals surface area contributed by atoms with Crippen LogP contribution in [0.4, 0.5) is 4.39 Å². The Balaban J connectivity index is 3.29. The SMILES string of the molecule is CC(C)(C)OC(=O)C[C@](C)(N[S@](=O)C(C)(C)C)c1cccc(Cl)c1F. The molecule has 0 saturated carbocycles. The Hall–Kier alpha value is -0.980. The van der Waals surface area contributed by atoms with Crippen molar-refractivity contribution in [2.75, 3.05) is 0 Å². The normalized spacial score (nSPS) is 16.2. The lowest BCUT2D eigenvalue weighted by atomic mass is 9.89. The third-order valence-electron chi connectivity index (χ3n) is 3.34. The molecular formula is C18H27ClFNO3S. The van der Waals surface area contributed by atoms with Crippen LogP contribution >= 0.6 is 11.6 Å². The van der Waals surface area contributed by atoms with Gasteiger partial charge in [0.15, 0.2) is 0 Å². The highest BCUT2D eigenvalue weighted by Gasteiger charge is 2.38. The molecule has 1 N–H and O–H groups in total. The first kappa shape index (κ1) is 22.1. The highest BCUT2D eigenvalue weighted by Crippen LogP contribution is 2.33. The summed E-state index contributed by atoms with van der Waals surface area (Å²) in [6.07, 6.45) is -0.191. The Kier molecular flexibility index (Phi) is 6.81. The Morgan fingerprint density at radius 2 is 1.76 bits per heavy atom. The van der Waals surface area contributed by atoms with E-state index in [2.05, 4.69) is 4.72 Å². The van der Waals surface area contributed by atoms with Gasteiger partial charge >= 0.3 is 5.97 Å². The number of nitrogens with one attached hydrogen (secondary N) is 1. The number of hydrogen-bond acceptors (Lipinski definition) is 3. The summed E-state index contributed by atoms with van der Waals surface area (Å²) in [4.78, 5) is 12.4. The Morgan fingerprint density at radius 3 is 2.24 bits per heavy atom. The van der Waals surface area contributed by atoms with Gasteiger partial charge in [0, 0.05) is 5.56 Å². The second-order valence-corrected chi connectivity index (χ2v) is 10.6. The van der Waals surface area contributed by atoms with Crippen LogP contribution < -0.4 is 4.72 Å². The number of hydrogen-bond donors (Lipinski definition) is 1. The first-order valence-electron chi connectivity index (χ1n) is 8.02. The topological polar surface area (TPSA) is 55.4 Å². The molecule has 0 heterocycles.